The molecule has 2 aliphatic rings. The lowest BCUT2D eigenvalue weighted by Crippen LogP contribution is -2.63. The van der Waals surface area contributed by atoms with Gasteiger partial charge in [-0.25, -0.2) is 4.39 Å². The number of hydrogen-bond acceptors (Lipinski definition) is 4. The van der Waals surface area contributed by atoms with Crippen molar-refractivity contribution in [2.75, 3.05) is 18.1 Å². The highest BCUT2D eigenvalue weighted by molar-refractivity contribution is 6.05. The molecule has 6 heteroatoms. The molecule has 0 bridgehead atoms. The molecule has 2 aliphatic heterocycles. The van der Waals surface area contributed by atoms with Crippen LogP contribution in [0.1, 0.15) is 11.6 Å². The number of β-lactam (4-membered cyclic amide) rings is 1. The molecule has 0 unspecified atom stereocenters. The number of nitrogens with two attached hydrogens (primary N) is 1. The van der Waals surface area contributed by atoms with Crippen molar-refractivity contribution >= 4 is 11.6 Å². The van der Waals surface area contributed by atoms with Gasteiger partial charge in [-0.1, -0.05) is 18.2 Å². The van der Waals surface area contributed by atoms with Crippen LogP contribution in [0.3, 0.4) is 0 Å². The van der Waals surface area contributed by atoms with E-state index in [-0.39, 0.29) is 11.7 Å². The molecule has 118 valence electrons. The second kappa shape index (κ2) is 5.24. The van der Waals surface area contributed by atoms with E-state index in [9.17, 15) is 9.18 Å². The predicted octanol–water partition coefficient (Wildman–Crippen LogP) is 2.01. The molecule has 2 N–H and O–H groups in total. The van der Waals surface area contributed by atoms with Gasteiger partial charge in [-0.3, -0.25) is 4.79 Å². The van der Waals surface area contributed by atoms with Crippen LogP contribution < -0.4 is 20.1 Å². The van der Waals surface area contributed by atoms with Crippen molar-refractivity contribution in [1.29, 1.82) is 0 Å². The number of halogens is 1. The number of fused-ring (bicyclic) bond motifs is 1. The van der Waals surface area contributed by atoms with Crippen molar-refractivity contribution in [3.8, 4) is 11.5 Å². The molecule has 0 saturated carbocycles. The highest BCUT2D eigenvalue weighted by Crippen LogP contribution is 2.42. The number of carbonyl (C=O) groups is 1. The molecule has 2 aromatic carbocycles. The average molecular weight is 314 g/mol. The molecule has 2 heterocycles. The maximum atomic E-state index is 14.1. The largest absolute Gasteiger partial charge is 0.486 e. The summed E-state index contributed by atoms with van der Waals surface area (Å²) in [6.07, 6.45) is 0. The van der Waals surface area contributed by atoms with Crippen LogP contribution in [0.25, 0.3) is 0 Å². The summed E-state index contributed by atoms with van der Waals surface area (Å²) in [4.78, 5) is 13.7. The minimum absolute atomic E-state index is 0.241. The summed E-state index contributed by atoms with van der Waals surface area (Å²) in [7, 11) is 0. The maximum absolute atomic E-state index is 14.1. The summed E-state index contributed by atoms with van der Waals surface area (Å²) < 4.78 is 25.1. The van der Waals surface area contributed by atoms with Crippen molar-refractivity contribution in [2.45, 2.75) is 12.1 Å². The highest BCUT2D eigenvalue weighted by atomic mass is 19.1. The first-order valence-electron chi connectivity index (χ1n) is 7.39. The van der Waals surface area contributed by atoms with Crippen LogP contribution in [0.15, 0.2) is 42.5 Å². The molecule has 1 fully saturated rings. The molecule has 0 spiro atoms. The number of carbonyl (C=O) groups excluding carboxylic acids is 1. The van der Waals surface area contributed by atoms with E-state index in [1.165, 1.54) is 11.0 Å². The number of anilines is 1. The Labute approximate surface area is 132 Å². The second-order valence-corrected chi connectivity index (χ2v) is 5.53. The van der Waals surface area contributed by atoms with Gasteiger partial charge in [0.25, 0.3) is 0 Å². The van der Waals surface area contributed by atoms with Crippen molar-refractivity contribution in [2.24, 2.45) is 5.73 Å². The minimum Gasteiger partial charge on any atom is -0.486 e. The van der Waals surface area contributed by atoms with E-state index in [4.69, 9.17) is 15.2 Å². The summed E-state index contributed by atoms with van der Waals surface area (Å²) >= 11 is 0. The van der Waals surface area contributed by atoms with E-state index < -0.39 is 12.1 Å². The van der Waals surface area contributed by atoms with Crippen LogP contribution in [0, 0.1) is 5.82 Å². The Morgan fingerprint density at radius 3 is 2.61 bits per heavy atom. The zero-order valence-electron chi connectivity index (χ0n) is 12.2. The summed E-state index contributed by atoms with van der Waals surface area (Å²) in [6.45, 7) is 0.957. The van der Waals surface area contributed by atoms with E-state index in [0.717, 1.165) is 0 Å². The van der Waals surface area contributed by atoms with Crippen molar-refractivity contribution in [3.63, 3.8) is 0 Å². The van der Waals surface area contributed by atoms with E-state index in [1.54, 1.807) is 36.4 Å². The number of hydrogen-bond donors (Lipinski definition) is 1. The molecule has 5 nitrogen and oxygen atoms in total. The van der Waals surface area contributed by atoms with Crippen LogP contribution in [-0.4, -0.2) is 25.2 Å². The van der Waals surface area contributed by atoms with E-state index in [2.05, 4.69) is 0 Å². The van der Waals surface area contributed by atoms with Crippen molar-refractivity contribution < 1.29 is 18.7 Å². The van der Waals surface area contributed by atoms with Gasteiger partial charge < -0.3 is 20.1 Å². The van der Waals surface area contributed by atoms with Gasteiger partial charge in [0.1, 0.15) is 25.1 Å². The fraction of sp³-hybridized carbons (Fsp3) is 0.235. The Kier molecular flexibility index (Phi) is 3.20. The van der Waals surface area contributed by atoms with Gasteiger partial charge in [0.15, 0.2) is 11.5 Å². The SMILES string of the molecule is N[C@H]1C(=O)N(c2ccc3c(c2)OCCO3)[C@H]1c1ccccc1F. The van der Waals surface area contributed by atoms with E-state index >= 15 is 0 Å². The molecule has 0 radical (unpaired) electrons. The molecule has 1 saturated heterocycles. The quantitative estimate of drug-likeness (QED) is 0.861. The molecule has 2 aromatic rings. The fourth-order valence-corrected chi connectivity index (χ4v) is 3.03. The number of rotatable bonds is 2. The van der Waals surface area contributed by atoms with Crippen LogP contribution >= 0.6 is 0 Å². The second-order valence-electron chi connectivity index (χ2n) is 5.53. The molecular weight excluding hydrogens is 299 g/mol. The standard InChI is InChI=1S/C17H15FN2O3/c18-12-4-2-1-3-11(12)16-15(19)17(21)20(16)10-5-6-13-14(9-10)23-8-7-22-13/h1-6,9,15-16H,7-8,19H2/t15-,16+/m1/s1. The first kappa shape index (κ1) is 14.0. The zero-order valence-corrected chi connectivity index (χ0v) is 12.2. The third kappa shape index (κ3) is 2.14. The number of nitrogens with zero attached hydrogens (tertiary/aromatic N) is 1. The smallest absolute Gasteiger partial charge is 0.247 e. The number of amides is 1. The molecular formula is C17H15FN2O3. The first-order chi connectivity index (χ1) is 11.2. The summed E-state index contributed by atoms with van der Waals surface area (Å²) in [5.41, 5.74) is 6.95. The third-order valence-corrected chi connectivity index (χ3v) is 4.17. The van der Waals surface area contributed by atoms with Crippen molar-refractivity contribution in [1.82, 2.24) is 0 Å². The molecule has 2 atom stereocenters. The Morgan fingerprint density at radius 1 is 1.09 bits per heavy atom. The van der Waals surface area contributed by atoms with Gasteiger partial charge >= 0.3 is 0 Å². The van der Waals surface area contributed by atoms with Gasteiger partial charge in [-0.05, 0) is 18.2 Å². The topological polar surface area (TPSA) is 64.8 Å². The van der Waals surface area contributed by atoms with Gasteiger partial charge in [0.05, 0.1) is 6.04 Å². The predicted molar refractivity (Wildman–Crippen MR) is 82.0 cm³/mol. The third-order valence-electron chi connectivity index (χ3n) is 4.17. The lowest BCUT2D eigenvalue weighted by molar-refractivity contribution is -0.126. The van der Waals surface area contributed by atoms with Gasteiger partial charge in [0.2, 0.25) is 5.91 Å². The molecule has 4 rings (SSSR count). The molecule has 0 aromatic heterocycles. The number of ether oxygens (including phenoxy) is 2. The van der Waals surface area contributed by atoms with Gasteiger partial charge in [-0.15, -0.1) is 0 Å². The average Bonchev–Trinajstić information content (AvgIpc) is 2.59. The van der Waals surface area contributed by atoms with Crippen LogP contribution in [0.5, 0.6) is 11.5 Å². The Bertz CT molecular complexity index is 780. The van der Waals surface area contributed by atoms with Crippen molar-refractivity contribution in [3.05, 3.63) is 53.8 Å². The minimum atomic E-state index is -0.750. The summed E-state index contributed by atoms with van der Waals surface area (Å²) in [5, 5.41) is 0. The maximum Gasteiger partial charge on any atom is 0.247 e. The summed E-state index contributed by atoms with van der Waals surface area (Å²) in [5.74, 6) is 0.604. The van der Waals surface area contributed by atoms with E-state index in [1.807, 2.05) is 0 Å². The zero-order chi connectivity index (χ0) is 16.0. The number of benzene rings is 2. The van der Waals surface area contributed by atoms with Gasteiger partial charge in [0, 0.05) is 17.3 Å². The Balaban J connectivity index is 1.72. The van der Waals surface area contributed by atoms with Crippen LogP contribution in [-0.2, 0) is 4.79 Å². The fourth-order valence-electron chi connectivity index (χ4n) is 3.03. The normalized spacial score (nSPS) is 22.7. The molecule has 1 amide bonds. The van der Waals surface area contributed by atoms with Gasteiger partial charge in [-0.2, -0.15) is 0 Å². The van der Waals surface area contributed by atoms with Crippen LogP contribution in [0.4, 0.5) is 10.1 Å². The molecule has 0 aliphatic carbocycles. The van der Waals surface area contributed by atoms with Crippen LogP contribution in [0.2, 0.25) is 0 Å². The lowest BCUT2D eigenvalue weighted by Gasteiger charge is -2.45. The lowest BCUT2D eigenvalue weighted by atomic mass is 9.88. The first-order valence-corrected chi connectivity index (χ1v) is 7.39. The van der Waals surface area contributed by atoms with E-state index in [0.29, 0.717) is 36.0 Å². The molecule has 23 heavy (non-hydrogen) atoms. The Morgan fingerprint density at radius 2 is 1.83 bits per heavy atom. The Hall–Kier alpha value is -2.60. The summed E-state index contributed by atoms with van der Waals surface area (Å²) in [6, 6.07) is 10.3. The highest BCUT2D eigenvalue weighted by Gasteiger charge is 2.47. The monoisotopic (exact) mass is 314 g/mol.